The van der Waals surface area contributed by atoms with Crippen LogP contribution in [0, 0.1) is 3.57 Å². The molecule has 0 atom stereocenters. The first-order valence-electron chi connectivity index (χ1n) is 5.72. The standard InChI is InChI=1S/C13H12Cl2IN3/c1-2-17-12-10(14)7-11(15)13(19-12)18-9-5-3-8(16)4-6-9/h3-7H,2H2,1H3,(H2,17,18,19). The van der Waals surface area contributed by atoms with Gasteiger partial charge in [0.2, 0.25) is 0 Å². The molecule has 0 unspecified atom stereocenters. The molecule has 1 aromatic carbocycles. The van der Waals surface area contributed by atoms with Gasteiger partial charge in [0.25, 0.3) is 0 Å². The minimum Gasteiger partial charge on any atom is -0.369 e. The highest BCUT2D eigenvalue weighted by Gasteiger charge is 2.09. The van der Waals surface area contributed by atoms with Crippen molar-refractivity contribution in [2.24, 2.45) is 0 Å². The summed E-state index contributed by atoms with van der Waals surface area (Å²) in [6.07, 6.45) is 0. The molecule has 0 saturated carbocycles. The van der Waals surface area contributed by atoms with Crippen LogP contribution in [-0.4, -0.2) is 11.5 Å². The SMILES string of the molecule is CCNc1nc(Nc2ccc(I)cc2)c(Cl)cc1Cl. The first-order chi connectivity index (χ1) is 9.10. The largest absolute Gasteiger partial charge is 0.369 e. The van der Waals surface area contributed by atoms with E-state index in [-0.39, 0.29) is 0 Å². The highest BCUT2D eigenvalue weighted by atomic mass is 127. The van der Waals surface area contributed by atoms with Gasteiger partial charge in [-0.2, -0.15) is 0 Å². The van der Waals surface area contributed by atoms with Crippen LogP contribution in [0.4, 0.5) is 17.3 Å². The fourth-order valence-corrected chi connectivity index (χ4v) is 2.35. The van der Waals surface area contributed by atoms with Gasteiger partial charge in [0.15, 0.2) is 5.82 Å². The van der Waals surface area contributed by atoms with Crippen LogP contribution in [0.5, 0.6) is 0 Å². The number of anilines is 3. The number of aromatic nitrogens is 1. The van der Waals surface area contributed by atoms with Gasteiger partial charge in [0, 0.05) is 15.8 Å². The van der Waals surface area contributed by atoms with Crippen molar-refractivity contribution in [3.63, 3.8) is 0 Å². The monoisotopic (exact) mass is 407 g/mol. The topological polar surface area (TPSA) is 37.0 Å². The van der Waals surface area contributed by atoms with E-state index in [1.807, 2.05) is 31.2 Å². The quantitative estimate of drug-likeness (QED) is 0.686. The number of hydrogen-bond donors (Lipinski definition) is 2. The van der Waals surface area contributed by atoms with Gasteiger partial charge in [0.1, 0.15) is 5.82 Å². The van der Waals surface area contributed by atoms with E-state index in [9.17, 15) is 0 Å². The summed E-state index contributed by atoms with van der Waals surface area (Å²) < 4.78 is 1.17. The summed E-state index contributed by atoms with van der Waals surface area (Å²) in [6.45, 7) is 2.73. The van der Waals surface area contributed by atoms with Crippen LogP contribution < -0.4 is 10.6 Å². The third kappa shape index (κ3) is 3.87. The Morgan fingerprint density at radius 2 is 1.74 bits per heavy atom. The maximum atomic E-state index is 6.14. The predicted molar refractivity (Wildman–Crippen MR) is 90.9 cm³/mol. The van der Waals surface area contributed by atoms with Crippen molar-refractivity contribution in [1.29, 1.82) is 0 Å². The van der Waals surface area contributed by atoms with Crippen molar-refractivity contribution in [1.82, 2.24) is 4.98 Å². The lowest BCUT2D eigenvalue weighted by Gasteiger charge is -2.11. The zero-order valence-corrected chi connectivity index (χ0v) is 13.8. The summed E-state index contributed by atoms with van der Waals surface area (Å²) in [5.74, 6) is 1.21. The molecule has 1 aromatic heterocycles. The summed E-state index contributed by atoms with van der Waals surface area (Å²) in [4.78, 5) is 4.39. The minimum atomic E-state index is 0.491. The van der Waals surface area contributed by atoms with Crippen molar-refractivity contribution < 1.29 is 0 Å². The molecule has 6 heteroatoms. The third-order valence-corrected chi connectivity index (χ3v) is 3.68. The highest BCUT2D eigenvalue weighted by molar-refractivity contribution is 14.1. The van der Waals surface area contributed by atoms with Gasteiger partial charge in [-0.25, -0.2) is 4.98 Å². The van der Waals surface area contributed by atoms with E-state index in [1.165, 1.54) is 3.57 Å². The summed E-state index contributed by atoms with van der Waals surface area (Å²) in [6, 6.07) is 9.65. The Kier molecular flexibility index (Phi) is 5.13. The molecule has 0 saturated heterocycles. The number of pyridine rings is 1. The van der Waals surface area contributed by atoms with E-state index in [2.05, 4.69) is 38.2 Å². The molecule has 0 aliphatic heterocycles. The van der Waals surface area contributed by atoms with E-state index < -0.39 is 0 Å². The maximum absolute atomic E-state index is 6.14. The molecule has 0 spiro atoms. The molecule has 100 valence electrons. The Labute approximate surface area is 135 Å². The van der Waals surface area contributed by atoms with Crippen molar-refractivity contribution in [3.8, 4) is 0 Å². The number of hydrogen-bond acceptors (Lipinski definition) is 3. The Bertz CT molecular complexity index is 573. The van der Waals surface area contributed by atoms with Gasteiger partial charge in [-0.3, -0.25) is 0 Å². The molecule has 0 amide bonds. The normalized spacial score (nSPS) is 10.3. The molecule has 19 heavy (non-hydrogen) atoms. The van der Waals surface area contributed by atoms with E-state index in [1.54, 1.807) is 6.07 Å². The van der Waals surface area contributed by atoms with Crippen LogP contribution in [0.3, 0.4) is 0 Å². The molecule has 3 nitrogen and oxygen atoms in total. The molecular formula is C13H12Cl2IN3. The molecule has 1 heterocycles. The molecule has 2 rings (SSSR count). The summed E-state index contributed by atoms with van der Waals surface area (Å²) in [5, 5.41) is 7.28. The van der Waals surface area contributed by atoms with Crippen LogP contribution in [0.15, 0.2) is 30.3 Å². The fraction of sp³-hybridized carbons (Fsp3) is 0.154. The zero-order chi connectivity index (χ0) is 13.8. The first-order valence-corrected chi connectivity index (χ1v) is 7.56. The summed E-state index contributed by atoms with van der Waals surface area (Å²) >= 11 is 14.5. The van der Waals surface area contributed by atoms with Crippen LogP contribution in [0.1, 0.15) is 6.92 Å². The van der Waals surface area contributed by atoms with Crippen LogP contribution >= 0.6 is 45.8 Å². The molecule has 0 aliphatic rings. The van der Waals surface area contributed by atoms with Gasteiger partial charge in [0.05, 0.1) is 10.0 Å². The van der Waals surface area contributed by atoms with Crippen LogP contribution in [0.2, 0.25) is 10.0 Å². The Morgan fingerprint density at radius 1 is 1.11 bits per heavy atom. The summed E-state index contributed by atoms with van der Waals surface area (Å²) in [7, 11) is 0. The second-order valence-electron chi connectivity index (χ2n) is 3.81. The van der Waals surface area contributed by atoms with Crippen LogP contribution in [-0.2, 0) is 0 Å². The Balaban J connectivity index is 2.28. The first kappa shape index (κ1) is 14.7. The van der Waals surface area contributed by atoms with E-state index in [0.29, 0.717) is 21.7 Å². The van der Waals surface area contributed by atoms with Gasteiger partial charge < -0.3 is 10.6 Å². The number of benzene rings is 1. The van der Waals surface area contributed by atoms with Gasteiger partial charge >= 0.3 is 0 Å². The predicted octanol–water partition coefficient (Wildman–Crippen LogP) is 5.17. The van der Waals surface area contributed by atoms with Crippen molar-refractivity contribution in [2.75, 3.05) is 17.2 Å². The van der Waals surface area contributed by atoms with Gasteiger partial charge in [-0.05, 0) is 59.8 Å². The molecule has 2 aromatic rings. The van der Waals surface area contributed by atoms with Gasteiger partial charge in [-0.1, -0.05) is 23.2 Å². The maximum Gasteiger partial charge on any atom is 0.151 e. The second kappa shape index (κ2) is 6.63. The lowest BCUT2D eigenvalue weighted by Crippen LogP contribution is -2.03. The molecule has 0 radical (unpaired) electrons. The summed E-state index contributed by atoms with van der Waals surface area (Å²) in [5.41, 5.74) is 0.930. The highest BCUT2D eigenvalue weighted by Crippen LogP contribution is 2.31. The van der Waals surface area contributed by atoms with E-state index >= 15 is 0 Å². The lowest BCUT2D eigenvalue weighted by atomic mass is 10.3. The van der Waals surface area contributed by atoms with E-state index in [0.717, 1.165) is 12.2 Å². The molecular weight excluding hydrogens is 396 g/mol. The van der Waals surface area contributed by atoms with Crippen molar-refractivity contribution in [3.05, 3.63) is 43.9 Å². The molecule has 2 N–H and O–H groups in total. The average molecular weight is 408 g/mol. The van der Waals surface area contributed by atoms with E-state index in [4.69, 9.17) is 23.2 Å². The fourth-order valence-electron chi connectivity index (χ4n) is 1.52. The number of halogens is 3. The Hall–Kier alpha value is -0.720. The smallest absolute Gasteiger partial charge is 0.151 e. The van der Waals surface area contributed by atoms with Crippen molar-refractivity contribution >= 4 is 63.1 Å². The number of nitrogens with zero attached hydrogens (tertiary/aromatic N) is 1. The second-order valence-corrected chi connectivity index (χ2v) is 5.87. The third-order valence-electron chi connectivity index (χ3n) is 2.38. The molecule has 0 bridgehead atoms. The average Bonchev–Trinajstić information content (AvgIpc) is 2.38. The molecule has 0 aliphatic carbocycles. The number of nitrogens with one attached hydrogen (secondary N) is 2. The van der Waals surface area contributed by atoms with Crippen molar-refractivity contribution in [2.45, 2.75) is 6.92 Å². The molecule has 0 fully saturated rings. The number of rotatable bonds is 4. The van der Waals surface area contributed by atoms with Gasteiger partial charge in [-0.15, -0.1) is 0 Å². The lowest BCUT2D eigenvalue weighted by molar-refractivity contribution is 1.16. The minimum absolute atomic E-state index is 0.491. The Morgan fingerprint density at radius 3 is 2.37 bits per heavy atom. The van der Waals surface area contributed by atoms with Crippen LogP contribution in [0.25, 0.3) is 0 Å². The zero-order valence-electron chi connectivity index (χ0n) is 10.2.